The van der Waals surface area contributed by atoms with Crippen LogP contribution in [0.4, 0.5) is 0 Å². The van der Waals surface area contributed by atoms with Gasteiger partial charge in [-0.2, -0.15) is 0 Å². The highest BCUT2D eigenvalue weighted by Crippen LogP contribution is 2.34. The van der Waals surface area contributed by atoms with Crippen molar-refractivity contribution in [1.82, 2.24) is 16.0 Å². The summed E-state index contributed by atoms with van der Waals surface area (Å²) in [4.78, 5) is 41.1. The Morgan fingerprint density at radius 3 is 1.11 bits per heavy atom. The summed E-state index contributed by atoms with van der Waals surface area (Å²) in [5.41, 5.74) is -1.06. The van der Waals surface area contributed by atoms with E-state index in [1.807, 2.05) is 0 Å². The average Bonchev–Trinajstić information content (AvgIpc) is 2.77. The van der Waals surface area contributed by atoms with Crippen LogP contribution in [0.5, 0.6) is 0 Å². The summed E-state index contributed by atoms with van der Waals surface area (Å²) in [6, 6.07) is 4.48. The Balaban J connectivity index is 1.62. The van der Waals surface area contributed by atoms with Gasteiger partial charge in [0, 0.05) is 71.8 Å². The molecule has 3 aliphatic rings. The van der Waals surface area contributed by atoms with Crippen molar-refractivity contribution in [3.63, 3.8) is 0 Å². The summed E-state index contributed by atoms with van der Waals surface area (Å²) in [5.74, 6) is -1.79. The molecule has 3 aliphatic heterocycles. The number of ether oxygens (including phenoxy) is 3. The van der Waals surface area contributed by atoms with Gasteiger partial charge in [0.15, 0.2) is 0 Å². The molecular formula is C36H57N3O6. The number of benzene rings is 1. The van der Waals surface area contributed by atoms with Crippen molar-refractivity contribution in [3.05, 3.63) is 34.9 Å². The third-order valence-electron chi connectivity index (χ3n) is 8.97. The molecule has 0 atom stereocenters. The summed E-state index contributed by atoms with van der Waals surface area (Å²) in [6.07, 6.45) is 2.81. The molecule has 0 bridgehead atoms. The van der Waals surface area contributed by atoms with E-state index in [9.17, 15) is 14.4 Å². The number of piperidine rings is 3. The second-order valence-electron chi connectivity index (χ2n) is 17.7. The number of carbonyl (C=O) groups excluding carboxylic acids is 3. The predicted molar refractivity (Wildman–Crippen MR) is 176 cm³/mol. The van der Waals surface area contributed by atoms with Crippen LogP contribution in [0.25, 0.3) is 0 Å². The number of nitrogens with one attached hydrogen (secondary N) is 3. The minimum absolute atomic E-state index is 0.0158. The Labute approximate surface area is 270 Å². The maximum absolute atomic E-state index is 13.9. The van der Waals surface area contributed by atoms with Crippen molar-refractivity contribution < 1.29 is 28.6 Å². The van der Waals surface area contributed by atoms with Gasteiger partial charge in [0.05, 0.1) is 16.7 Å². The Morgan fingerprint density at radius 1 is 0.489 bits per heavy atom. The fourth-order valence-electron chi connectivity index (χ4n) is 8.60. The lowest BCUT2D eigenvalue weighted by Crippen LogP contribution is -2.60. The summed E-state index contributed by atoms with van der Waals surface area (Å²) in [7, 11) is 0. The molecule has 3 saturated heterocycles. The van der Waals surface area contributed by atoms with Crippen LogP contribution >= 0.6 is 0 Å². The topological polar surface area (TPSA) is 115 Å². The molecule has 0 saturated carbocycles. The monoisotopic (exact) mass is 627 g/mol. The van der Waals surface area contributed by atoms with E-state index >= 15 is 0 Å². The van der Waals surface area contributed by atoms with Crippen molar-refractivity contribution in [2.24, 2.45) is 0 Å². The highest BCUT2D eigenvalue weighted by Gasteiger charge is 2.42. The van der Waals surface area contributed by atoms with Gasteiger partial charge in [0.2, 0.25) is 0 Å². The highest BCUT2D eigenvalue weighted by atomic mass is 16.6. The highest BCUT2D eigenvalue weighted by molar-refractivity contribution is 6.05. The van der Waals surface area contributed by atoms with Gasteiger partial charge in [-0.25, -0.2) is 14.4 Å². The molecule has 0 unspecified atom stereocenters. The summed E-state index contributed by atoms with van der Waals surface area (Å²) in [6.45, 7) is 25.1. The summed E-state index contributed by atoms with van der Waals surface area (Å²) < 4.78 is 18.1. The van der Waals surface area contributed by atoms with E-state index in [0.29, 0.717) is 38.5 Å². The number of hydrogen-bond acceptors (Lipinski definition) is 9. The fraction of sp³-hybridized carbons (Fsp3) is 0.750. The zero-order valence-corrected chi connectivity index (χ0v) is 29.7. The Kier molecular flexibility index (Phi) is 9.39. The standard InChI is InChI=1S/C36H57N3O6/c1-31(2)16-23(17-32(3,4)37-31)43-28(40)22-13-14-26(29(41)44-24-18-33(5,6)38-34(7,8)19-24)27(15-22)30(42)45-25-20-35(9,10)39-36(11,12)21-25/h13-15,23-25,37-39H,16-21H2,1-12H3. The van der Waals surface area contributed by atoms with Crippen LogP contribution in [-0.2, 0) is 14.2 Å². The molecule has 252 valence electrons. The molecule has 0 aliphatic carbocycles. The van der Waals surface area contributed by atoms with Crippen molar-refractivity contribution >= 4 is 17.9 Å². The smallest absolute Gasteiger partial charge is 0.339 e. The first-order valence-electron chi connectivity index (χ1n) is 16.5. The largest absolute Gasteiger partial charge is 0.459 e. The zero-order chi connectivity index (χ0) is 33.8. The first-order valence-corrected chi connectivity index (χ1v) is 16.5. The third kappa shape index (κ3) is 9.52. The molecule has 45 heavy (non-hydrogen) atoms. The Bertz CT molecular complexity index is 1260. The quantitative estimate of drug-likeness (QED) is 0.255. The maximum atomic E-state index is 13.9. The fourth-order valence-corrected chi connectivity index (χ4v) is 8.60. The lowest BCUT2D eigenvalue weighted by Gasteiger charge is -2.46. The lowest BCUT2D eigenvalue weighted by atomic mass is 9.81. The zero-order valence-electron chi connectivity index (χ0n) is 29.7. The van der Waals surface area contributed by atoms with Gasteiger partial charge >= 0.3 is 17.9 Å². The van der Waals surface area contributed by atoms with Crippen molar-refractivity contribution in [2.75, 3.05) is 0 Å². The lowest BCUT2D eigenvalue weighted by molar-refractivity contribution is -0.0108. The van der Waals surface area contributed by atoms with Gasteiger partial charge in [-0.1, -0.05) is 0 Å². The van der Waals surface area contributed by atoms with Crippen LogP contribution in [0.1, 0.15) is 153 Å². The molecule has 0 amide bonds. The number of esters is 3. The van der Waals surface area contributed by atoms with E-state index in [1.165, 1.54) is 12.1 Å². The molecule has 0 aromatic heterocycles. The van der Waals surface area contributed by atoms with Gasteiger partial charge in [0.25, 0.3) is 0 Å². The van der Waals surface area contributed by atoms with E-state index in [1.54, 1.807) is 6.07 Å². The van der Waals surface area contributed by atoms with Gasteiger partial charge in [-0.3, -0.25) is 0 Å². The molecule has 9 heteroatoms. The van der Waals surface area contributed by atoms with Crippen LogP contribution in [0.3, 0.4) is 0 Å². The van der Waals surface area contributed by atoms with Crippen LogP contribution in [-0.4, -0.2) is 69.5 Å². The van der Waals surface area contributed by atoms with Gasteiger partial charge < -0.3 is 30.2 Å². The molecular weight excluding hydrogens is 570 g/mol. The first-order chi connectivity index (χ1) is 20.3. The molecule has 1 aromatic rings. The Morgan fingerprint density at radius 2 is 0.778 bits per heavy atom. The number of carbonyl (C=O) groups is 3. The van der Waals surface area contributed by atoms with E-state index in [2.05, 4.69) is 99.0 Å². The van der Waals surface area contributed by atoms with Crippen molar-refractivity contribution in [2.45, 2.75) is 173 Å². The molecule has 0 spiro atoms. The molecule has 3 fully saturated rings. The van der Waals surface area contributed by atoms with Crippen LogP contribution in [0, 0.1) is 0 Å². The van der Waals surface area contributed by atoms with E-state index in [-0.39, 0.29) is 68.2 Å². The van der Waals surface area contributed by atoms with Gasteiger partial charge in [-0.05, 0) is 101 Å². The van der Waals surface area contributed by atoms with Crippen LogP contribution in [0.2, 0.25) is 0 Å². The minimum Gasteiger partial charge on any atom is -0.459 e. The summed E-state index contributed by atoms with van der Waals surface area (Å²) >= 11 is 0. The number of rotatable bonds is 6. The Hall–Kier alpha value is -2.49. The van der Waals surface area contributed by atoms with Crippen LogP contribution < -0.4 is 16.0 Å². The average molecular weight is 628 g/mol. The molecule has 9 nitrogen and oxygen atoms in total. The van der Waals surface area contributed by atoms with E-state index in [4.69, 9.17) is 14.2 Å². The molecule has 3 N–H and O–H groups in total. The molecule has 4 rings (SSSR count). The normalized spacial score (nSPS) is 25.6. The third-order valence-corrected chi connectivity index (χ3v) is 8.97. The minimum atomic E-state index is -0.648. The van der Waals surface area contributed by atoms with Gasteiger partial charge in [-0.15, -0.1) is 0 Å². The van der Waals surface area contributed by atoms with Crippen molar-refractivity contribution in [1.29, 1.82) is 0 Å². The second-order valence-corrected chi connectivity index (χ2v) is 17.7. The van der Waals surface area contributed by atoms with E-state index < -0.39 is 17.9 Å². The molecule has 0 radical (unpaired) electrons. The van der Waals surface area contributed by atoms with Gasteiger partial charge in [0.1, 0.15) is 18.3 Å². The first kappa shape index (κ1) is 35.4. The maximum Gasteiger partial charge on any atom is 0.339 e. The number of hydrogen-bond donors (Lipinski definition) is 3. The molecule has 3 heterocycles. The van der Waals surface area contributed by atoms with Crippen LogP contribution in [0.15, 0.2) is 18.2 Å². The van der Waals surface area contributed by atoms with Crippen molar-refractivity contribution in [3.8, 4) is 0 Å². The molecule has 1 aromatic carbocycles. The summed E-state index contributed by atoms with van der Waals surface area (Å²) in [5, 5.41) is 10.8. The second kappa shape index (κ2) is 11.9. The van der Waals surface area contributed by atoms with E-state index in [0.717, 1.165) is 0 Å². The SMILES string of the molecule is CC1(C)CC(OC(=O)c2ccc(C(=O)OC3CC(C)(C)NC(C)(C)C3)c(C(=O)OC3CC(C)(C)NC(C)(C)C3)c2)CC(C)(C)N1. The predicted octanol–water partition coefficient (Wildman–Crippen LogP) is 6.08.